The van der Waals surface area contributed by atoms with Gasteiger partial charge >= 0.3 is 0 Å². The first-order chi connectivity index (χ1) is 12.9. The van der Waals surface area contributed by atoms with E-state index in [1.807, 2.05) is 0 Å². The molecule has 140 valence electrons. The van der Waals surface area contributed by atoms with E-state index in [1.165, 1.54) is 0 Å². The van der Waals surface area contributed by atoms with Gasteiger partial charge in [-0.15, -0.1) is 0 Å². The second-order valence-electron chi connectivity index (χ2n) is 6.25. The Morgan fingerprint density at radius 2 is 1.11 bits per heavy atom. The Hall–Kier alpha value is -2.86. The van der Waals surface area contributed by atoms with E-state index in [0.717, 1.165) is 11.1 Å². The summed E-state index contributed by atoms with van der Waals surface area (Å²) in [5.74, 6) is 0.645. The number of sulfone groups is 1. The second kappa shape index (κ2) is 7.80. The van der Waals surface area contributed by atoms with Crippen LogP contribution in [0.15, 0.2) is 59.7 Å². The van der Waals surface area contributed by atoms with Crippen LogP contribution in [-0.4, -0.2) is 39.9 Å². The summed E-state index contributed by atoms with van der Waals surface area (Å²) in [5.41, 5.74) is 2.04. The number of rotatable bonds is 4. The smallest absolute Gasteiger partial charge is 0.187 e. The van der Waals surface area contributed by atoms with E-state index in [1.54, 1.807) is 74.9 Å². The van der Waals surface area contributed by atoms with E-state index in [4.69, 9.17) is 9.47 Å². The molecule has 0 N–H and O–H groups in total. The molecule has 3 rings (SSSR count). The van der Waals surface area contributed by atoms with Gasteiger partial charge in [-0.3, -0.25) is 4.79 Å². The molecule has 1 fully saturated rings. The molecule has 0 spiro atoms. The predicted molar refractivity (Wildman–Crippen MR) is 106 cm³/mol. The Morgan fingerprint density at radius 3 is 1.44 bits per heavy atom. The minimum absolute atomic E-state index is 0.239. The van der Waals surface area contributed by atoms with Crippen LogP contribution in [0, 0.1) is 0 Å². The second-order valence-corrected chi connectivity index (χ2v) is 8.31. The van der Waals surface area contributed by atoms with Crippen molar-refractivity contribution in [2.24, 2.45) is 0 Å². The molecule has 1 aliphatic rings. The highest BCUT2D eigenvalue weighted by molar-refractivity contribution is 7.92. The van der Waals surface area contributed by atoms with Gasteiger partial charge in [-0.05, 0) is 47.5 Å². The molecule has 1 saturated heterocycles. The number of benzene rings is 2. The molecule has 0 radical (unpaired) electrons. The fourth-order valence-corrected chi connectivity index (χ4v) is 4.36. The van der Waals surface area contributed by atoms with Gasteiger partial charge in [-0.2, -0.15) is 0 Å². The normalized spacial score (nSPS) is 19.3. The van der Waals surface area contributed by atoms with Crippen LogP contribution < -0.4 is 9.47 Å². The quantitative estimate of drug-likeness (QED) is 0.758. The third-order valence-corrected chi connectivity index (χ3v) is 5.75. The lowest BCUT2D eigenvalue weighted by Gasteiger charge is -2.17. The van der Waals surface area contributed by atoms with Crippen LogP contribution in [0.2, 0.25) is 0 Å². The lowest BCUT2D eigenvalue weighted by Crippen LogP contribution is -2.28. The largest absolute Gasteiger partial charge is 0.497 e. The van der Waals surface area contributed by atoms with Gasteiger partial charge in [0.1, 0.15) is 11.5 Å². The monoisotopic (exact) mass is 384 g/mol. The van der Waals surface area contributed by atoms with Gasteiger partial charge in [0.05, 0.1) is 25.7 Å². The maximum absolute atomic E-state index is 12.8. The minimum Gasteiger partial charge on any atom is -0.497 e. The number of hydrogen-bond acceptors (Lipinski definition) is 5. The lowest BCUT2D eigenvalue weighted by molar-refractivity contribution is -0.112. The summed E-state index contributed by atoms with van der Waals surface area (Å²) in [6.45, 7) is 0. The van der Waals surface area contributed by atoms with E-state index >= 15 is 0 Å². The molecule has 6 heteroatoms. The average Bonchev–Trinajstić information content (AvgIpc) is 2.66. The molecule has 0 amide bonds. The Kier molecular flexibility index (Phi) is 5.46. The molecular formula is C21H20O5S. The summed E-state index contributed by atoms with van der Waals surface area (Å²) in [4.78, 5) is 12.8. The first-order valence-electron chi connectivity index (χ1n) is 8.34. The van der Waals surface area contributed by atoms with Gasteiger partial charge in [0, 0.05) is 11.1 Å². The summed E-state index contributed by atoms with van der Waals surface area (Å²) in [5, 5.41) is 0. The third kappa shape index (κ3) is 4.65. The van der Waals surface area contributed by atoms with Gasteiger partial charge < -0.3 is 9.47 Å². The molecular weight excluding hydrogens is 364 g/mol. The van der Waals surface area contributed by atoms with Crippen LogP contribution >= 0.6 is 0 Å². The van der Waals surface area contributed by atoms with Gasteiger partial charge in [0.2, 0.25) is 0 Å². The van der Waals surface area contributed by atoms with E-state index in [2.05, 4.69) is 0 Å². The first-order valence-corrected chi connectivity index (χ1v) is 10.2. The topological polar surface area (TPSA) is 69.7 Å². The van der Waals surface area contributed by atoms with Crippen molar-refractivity contribution < 1.29 is 22.7 Å². The van der Waals surface area contributed by atoms with Gasteiger partial charge in [-0.1, -0.05) is 24.3 Å². The predicted octanol–water partition coefficient (Wildman–Crippen LogP) is 3.17. The van der Waals surface area contributed by atoms with Crippen LogP contribution in [0.25, 0.3) is 12.2 Å². The van der Waals surface area contributed by atoms with Gasteiger partial charge in [0.15, 0.2) is 15.6 Å². The molecule has 2 aromatic rings. The van der Waals surface area contributed by atoms with Crippen molar-refractivity contribution in [1.82, 2.24) is 0 Å². The van der Waals surface area contributed by atoms with Crippen LogP contribution in [0.3, 0.4) is 0 Å². The standard InChI is InChI=1S/C21H20O5S/c1-25-19-7-3-15(4-8-19)11-17-13-27(23,24)14-18(21(17)22)12-16-5-9-20(26-2)10-6-16/h3-12H,13-14H2,1-2H3/b17-11+,18-12+. The molecule has 5 nitrogen and oxygen atoms in total. The Bertz CT molecular complexity index is 922. The van der Waals surface area contributed by atoms with Crippen LogP contribution in [0.5, 0.6) is 11.5 Å². The molecule has 2 aromatic carbocycles. The molecule has 0 aliphatic carbocycles. The summed E-state index contributed by atoms with van der Waals surface area (Å²) >= 11 is 0. The zero-order valence-corrected chi connectivity index (χ0v) is 16.0. The molecule has 1 heterocycles. The van der Waals surface area contributed by atoms with Crippen LogP contribution in [0.1, 0.15) is 11.1 Å². The molecule has 0 unspecified atom stereocenters. The maximum Gasteiger partial charge on any atom is 0.187 e. The van der Waals surface area contributed by atoms with Crippen molar-refractivity contribution in [2.75, 3.05) is 25.7 Å². The van der Waals surface area contributed by atoms with Gasteiger partial charge in [-0.25, -0.2) is 8.42 Å². The lowest BCUT2D eigenvalue weighted by atomic mass is 10.0. The summed E-state index contributed by atoms with van der Waals surface area (Å²) in [7, 11) is -0.246. The molecule has 1 aliphatic heterocycles. The van der Waals surface area contributed by atoms with Crippen molar-refractivity contribution >= 4 is 27.8 Å². The van der Waals surface area contributed by atoms with Gasteiger partial charge in [0.25, 0.3) is 0 Å². The zero-order valence-electron chi connectivity index (χ0n) is 15.1. The van der Waals surface area contributed by atoms with E-state index in [-0.39, 0.29) is 28.4 Å². The fraction of sp³-hybridized carbons (Fsp3) is 0.190. The zero-order chi connectivity index (χ0) is 19.4. The van der Waals surface area contributed by atoms with Crippen molar-refractivity contribution in [2.45, 2.75) is 0 Å². The molecule has 0 saturated carbocycles. The average molecular weight is 384 g/mol. The van der Waals surface area contributed by atoms with Crippen LogP contribution in [0.4, 0.5) is 0 Å². The van der Waals surface area contributed by atoms with Crippen LogP contribution in [-0.2, 0) is 14.6 Å². The maximum atomic E-state index is 12.8. The Balaban J connectivity index is 1.94. The highest BCUT2D eigenvalue weighted by Gasteiger charge is 2.30. The number of carbonyl (C=O) groups is 1. The number of Topliss-reactive ketones (excluding diaryl/α,β-unsaturated/α-hetero) is 1. The van der Waals surface area contributed by atoms with Crippen molar-refractivity contribution in [1.29, 1.82) is 0 Å². The molecule has 0 bridgehead atoms. The minimum atomic E-state index is -3.39. The third-order valence-electron chi connectivity index (χ3n) is 4.25. The summed E-state index contributed by atoms with van der Waals surface area (Å²) in [6.07, 6.45) is 3.25. The summed E-state index contributed by atoms with van der Waals surface area (Å²) < 4.78 is 34.9. The van der Waals surface area contributed by atoms with E-state index in [9.17, 15) is 13.2 Å². The Morgan fingerprint density at radius 1 is 0.741 bits per heavy atom. The molecule has 0 aromatic heterocycles. The van der Waals surface area contributed by atoms with E-state index in [0.29, 0.717) is 11.5 Å². The van der Waals surface area contributed by atoms with E-state index < -0.39 is 9.84 Å². The number of carbonyl (C=O) groups excluding carboxylic acids is 1. The SMILES string of the molecule is COc1ccc(/C=C2\CS(=O)(=O)C/C(=C\c3ccc(OC)cc3)C2=O)cc1. The highest BCUT2D eigenvalue weighted by Crippen LogP contribution is 2.25. The van der Waals surface area contributed by atoms with Crippen molar-refractivity contribution in [3.05, 3.63) is 70.8 Å². The Labute approximate surface area is 158 Å². The van der Waals surface area contributed by atoms with Crippen molar-refractivity contribution in [3.8, 4) is 11.5 Å². The number of hydrogen-bond donors (Lipinski definition) is 0. The summed E-state index contributed by atoms with van der Waals surface area (Å²) in [6, 6.07) is 14.2. The highest BCUT2D eigenvalue weighted by atomic mass is 32.2. The molecule has 27 heavy (non-hydrogen) atoms. The number of ketones is 1. The fourth-order valence-electron chi connectivity index (χ4n) is 2.88. The molecule has 0 atom stereocenters. The number of methoxy groups -OCH3 is 2. The number of ether oxygens (including phenoxy) is 2. The van der Waals surface area contributed by atoms with Crippen molar-refractivity contribution in [3.63, 3.8) is 0 Å². The first kappa shape index (κ1) is 18.9.